The molecular weight excluding hydrogens is 370 g/mol. The molecule has 0 fully saturated rings. The van der Waals surface area contributed by atoms with Gasteiger partial charge in [0.15, 0.2) is 10.8 Å². The van der Waals surface area contributed by atoms with Crippen molar-refractivity contribution >= 4 is 34.5 Å². The van der Waals surface area contributed by atoms with Crippen LogP contribution in [0.2, 0.25) is 5.02 Å². The number of carbonyl (C=O) groups is 1. The molecule has 1 aromatic carbocycles. The van der Waals surface area contributed by atoms with Gasteiger partial charge in [0.1, 0.15) is 0 Å². The highest BCUT2D eigenvalue weighted by molar-refractivity contribution is 7.13. The Balaban J connectivity index is 1.51. The van der Waals surface area contributed by atoms with E-state index >= 15 is 0 Å². The van der Waals surface area contributed by atoms with Gasteiger partial charge in [-0.2, -0.15) is 0 Å². The molecule has 1 N–H and O–H groups in total. The molecule has 5 nitrogen and oxygen atoms in total. The Bertz CT molecular complexity index is 1020. The fourth-order valence-electron chi connectivity index (χ4n) is 2.58. The molecule has 4 aromatic rings. The maximum absolute atomic E-state index is 12.5. The number of hydrogen-bond donors (Lipinski definition) is 1. The van der Waals surface area contributed by atoms with E-state index in [1.165, 1.54) is 11.3 Å². The zero-order valence-corrected chi connectivity index (χ0v) is 15.1. The van der Waals surface area contributed by atoms with Gasteiger partial charge in [-0.25, -0.2) is 4.98 Å². The van der Waals surface area contributed by atoms with Crippen LogP contribution in [0.5, 0.6) is 0 Å². The average molecular weight is 384 g/mol. The van der Waals surface area contributed by atoms with Crippen LogP contribution < -0.4 is 5.32 Å². The highest BCUT2D eigenvalue weighted by atomic mass is 35.5. The molecule has 0 aliphatic carbocycles. The van der Waals surface area contributed by atoms with Crippen molar-refractivity contribution in [3.05, 3.63) is 77.2 Å². The molecule has 130 valence electrons. The first-order chi connectivity index (χ1) is 12.7. The Hall–Kier alpha value is -2.83. The molecule has 3 aromatic heterocycles. The molecule has 1 amide bonds. The minimum atomic E-state index is -0.142. The summed E-state index contributed by atoms with van der Waals surface area (Å²) in [5.74, 6) is 0.561. The van der Waals surface area contributed by atoms with Crippen LogP contribution in [0.15, 0.2) is 70.9 Å². The minimum Gasteiger partial charge on any atom is -0.462 e. The lowest BCUT2D eigenvalue weighted by Crippen LogP contribution is -2.16. The van der Waals surface area contributed by atoms with Crippen molar-refractivity contribution in [2.45, 2.75) is 6.42 Å². The van der Waals surface area contributed by atoms with Gasteiger partial charge in [-0.3, -0.25) is 4.79 Å². The zero-order chi connectivity index (χ0) is 17.9. The summed E-state index contributed by atoms with van der Waals surface area (Å²) in [6.45, 7) is 0. The Morgan fingerprint density at radius 1 is 1.23 bits per heavy atom. The Labute approximate surface area is 158 Å². The lowest BCUT2D eigenvalue weighted by atomic mass is 10.2. The molecule has 0 bridgehead atoms. The minimum absolute atomic E-state index is 0.142. The van der Waals surface area contributed by atoms with E-state index < -0.39 is 0 Å². The van der Waals surface area contributed by atoms with Gasteiger partial charge >= 0.3 is 0 Å². The number of hydrogen-bond acceptors (Lipinski definition) is 4. The van der Waals surface area contributed by atoms with Crippen molar-refractivity contribution < 1.29 is 9.21 Å². The number of rotatable bonds is 5. The van der Waals surface area contributed by atoms with E-state index in [1.807, 2.05) is 52.7 Å². The number of aromatic nitrogens is 2. The Morgan fingerprint density at radius 2 is 2.08 bits per heavy atom. The highest BCUT2D eigenvalue weighted by Crippen LogP contribution is 2.26. The largest absolute Gasteiger partial charge is 0.462 e. The number of thiazole rings is 1. The van der Waals surface area contributed by atoms with E-state index in [0.29, 0.717) is 22.2 Å². The summed E-state index contributed by atoms with van der Waals surface area (Å²) in [5.41, 5.74) is 2.21. The van der Waals surface area contributed by atoms with Crippen LogP contribution in [0, 0.1) is 0 Å². The summed E-state index contributed by atoms with van der Waals surface area (Å²) < 4.78 is 7.24. The summed E-state index contributed by atoms with van der Waals surface area (Å²) in [6.07, 6.45) is 5.59. The van der Waals surface area contributed by atoms with Crippen LogP contribution in [-0.4, -0.2) is 15.5 Å². The second-order valence-electron chi connectivity index (χ2n) is 5.60. The van der Waals surface area contributed by atoms with E-state index in [2.05, 4.69) is 10.3 Å². The van der Waals surface area contributed by atoms with Gasteiger partial charge in [0.25, 0.3) is 0 Å². The monoisotopic (exact) mass is 383 g/mol. The van der Waals surface area contributed by atoms with E-state index in [-0.39, 0.29) is 12.3 Å². The third-order valence-electron chi connectivity index (χ3n) is 3.74. The van der Waals surface area contributed by atoms with Crippen LogP contribution in [0.3, 0.4) is 0 Å². The van der Waals surface area contributed by atoms with Crippen molar-refractivity contribution in [1.29, 1.82) is 0 Å². The molecule has 4 rings (SSSR count). The summed E-state index contributed by atoms with van der Waals surface area (Å²) in [5, 5.41) is 6.18. The Morgan fingerprint density at radius 3 is 2.85 bits per heavy atom. The van der Waals surface area contributed by atoms with Crippen LogP contribution >= 0.6 is 22.9 Å². The lowest BCUT2D eigenvalue weighted by molar-refractivity contribution is -0.115. The van der Waals surface area contributed by atoms with Crippen molar-refractivity contribution in [2.24, 2.45) is 0 Å². The highest BCUT2D eigenvalue weighted by Gasteiger charge is 2.13. The molecule has 0 saturated heterocycles. The fraction of sp³-hybridized carbons (Fsp3) is 0.0526. The van der Waals surface area contributed by atoms with Crippen LogP contribution in [-0.2, 0) is 11.2 Å². The van der Waals surface area contributed by atoms with Gasteiger partial charge in [0.05, 0.1) is 29.8 Å². The molecule has 0 unspecified atom stereocenters. The van der Waals surface area contributed by atoms with Gasteiger partial charge in [0, 0.05) is 22.8 Å². The predicted octanol–water partition coefficient (Wildman–Crippen LogP) is 5.03. The molecule has 3 heterocycles. The zero-order valence-electron chi connectivity index (χ0n) is 13.6. The third kappa shape index (κ3) is 3.56. The molecule has 0 radical (unpaired) electrons. The number of nitrogens with zero attached hydrogens (tertiary/aromatic N) is 2. The van der Waals surface area contributed by atoms with Crippen molar-refractivity contribution in [3.63, 3.8) is 0 Å². The van der Waals surface area contributed by atoms with E-state index in [9.17, 15) is 4.79 Å². The van der Waals surface area contributed by atoms with Crippen molar-refractivity contribution in [2.75, 3.05) is 5.32 Å². The van der Waals surface area contributed by atoms with Gasteiger partial charge in [-0.1, -0.05) is 11.6 Å². The van der Waals surface area contributed by atoms with E-state index in [4.69, 9.17) is 16.0 Å². The maximum Gasteiger partial charge on any atom is 0.230 e. The topological polar surface area (TPSA) is 60.1 Å². The summed E-state index contributed by atoms with van der Waals surface area (Å²) in [4.78, 5) is 16.9. The molecule has 0 saturated carbocycles. The van der Waals surface area contributed by atoms with Gasteiger partial charge < -0.3 is 14.3 Å². The number of nitrogens with one attached hydrogen (secondary N) is 1. The van der Waals surface area contributed by atoms with Gasteiger partial charge in [-0.15, -0.1) is 11.3 Å². The van der Waals surface area contributed by atoms with Gasteiger partial charge in [0.2, 0.25) is 5.91 Å². The number of amides is 1. The standard InChI is InChI=1S/C19H14ClN3O2S/c20-13-5-6-15(16(10-13)23-7-1-2-8-23)22-18(24)11-14-12-26-19(21-14)17-4-3-9-25-17/h1-10,12H,11H2,(H,22,24). The molecule has 26 heavy (non-hydrogen) atoms. The summed E-state index contributed by atoms with van der Waals surface area (Å²) >= 11 is 7.56. The number of carbonyl (C=O) groups excluding carboxylic acids is 1. The SMILES string of the molecule is O=C(Cc1csc(-c2ccco2)n1)Nc1ccc(Cl)cc1-n1cccc1. The molecule has 0 aliphatic heterocycles. The number of anilines is 1. The van der Waals surface area contributed by atoms with E-state index in [0.717, 1.165) is 10.7 Å². The first kappa shape index (κ1) is 16.6. The normalized spacial score (nSPS) is 10.8. The predicted molar refractivity (Wildman–Crippen MR) is 103 cm³/mol. The number of halogens is 1. The first-order valence-corrected chi connectivity index (χ1v) is 9.16. The smallest absolute Gasteiger partial charge is 0.230 e. The maximum atomic E-state index is 12.5. The summed E-state index contributed by atoms with van der Waals surface area (Å²) in [6, 6.07) is 12.9. The average Bonchev–Trinajstić information content (AvgIpc) is 3.38. The molecule has 0 atom stereocenters. The van der Waals surface area contributed by atoms with E-state index in [1.54, 1.807) is 18.4 Å². The second-order valence-corrected chi connectivity index (χ2v) is 6.89. The van der Waals surface area contributed by atoms with Crippen LogP contribution in [0.4, 0.5) is 5.69 Å². The molecule has 7 heteroatoms. The summed E-state index contributed by atoms with van der Waals surface area (Å²) in [7, 11) is 0. The van der Waals surface area contributed by atoms with Crippen LogP contribution in [0.25, 0.3) is 16.5 Å². The molecule has 0 aliphatic rings. The number of benzene rings is 1. The Kier molecular flexibility index (Phi) is 4.60. The molecule has 0 spiro atoms. The van der Waals surface area contributed by atoms with Gasteiger partial charge in [-0.05, 0) is 42.5 Å². The lowest BCUT2D eigenvalue weighted by Gasteiger charge is -2.12. The quantitative estimate of drug-likeness (QED) is 0.526. The second kappa shape index (κ2) is 7.19. The molecular formula is C19H14ClN3O2S. The van der Waals surface area contributed by atoms with Crippen LogP contribution in [0.1, 0.15) is 5.69 Å². The number of furan rings is 1. The third-order valence-corrected chi connectivity index (χ3v) is 4.88. The fourth-order valence-corrected chi connectivity index (χ4v) is 3.53. The van der Waals surface area contributed by atoms with Crippen molar-refractivity contribution in [3.8, 4) is 16.5 Å². The first-order valence-electron chi connectivity index (χ1n) is 7.90. The van der Waals surface area contributed by atoms with Crippen molar-refractivity contribution in [1.82, 2.24) is 9.55 Å².